The van der Waals surface area contributed by atoms with Gasteiger partial charge in [-0.2, -0.15) is 0 Å². The molecule has 4 rings (SSSR count). The maximum atomic E-state index is 12.3. The van der Waals surface area contributed by atoms with E-state index in [2.05, 4.69) is 0 Å². The predicted molar refractivity (Wildman–Crippen MR) is 109 cm³/mol. The van der Waals surface area contributed by atoms with Gasteiger partial charge in [0, 0.05) is 10.6 Å². The number of alkyl halides is 2. The Bertz CT molecular complexity index is 960. The number of fused-ring (bicyclic) bond motifs is 2. The molecule has 2 saturated heterocycles. The van der Waals surface area contributed by atoms with Gasteiger partial charge in [-0.15, -0.1) is 0 Å². The van der Waals surface area contributed by atoms with Gasteiger partial charge in [-0.1, -0.05) is 29.8 Å². The molecule has 7 nitrogen and oxygen atoms in total. The summed E-state index contributed by atoms with van der Waals surface area (Å²) in [5, 5.41) is 41.5. The Morgan fingerprint density at radius 3 is 2.47 bits per heavy atom. The number of aliphatic hydroxyl groups excluding tert-OH is 4. The molecule has 5 atom stereocenters. The second-order valence-electron chi connectivity index (χ2n) is 7.99. The molecular weight excluding hydrogens is 450 g/mol. The van der Waals surface area contributed by atoms with Crippen LogP contribution in [0.5, 0.6) is 5.75 Å². The van der Waals surface area contributed by atoms with Gasteiger partial charge in [0.25, 0.3) is 6.43 Å². The zero-order valence-corrected chi connectivity index (χ0v) is 17.6. The van der Waals surface area contributed by atoms with Crippen molar-refractivity contribution in [1.29, 1.82) is 0 Å². The number of benzene rings is 2. The monoisotopic (exact) mass is 472 g/mol. The number of hydrogen-bond acceptors (Lipinski definition) is 7. The van der Waals surface area contributed by atoms with E-state index in [-0.39, 0.29) is 6.61 Å². The molecule has 2 bridgehead atoms. The number of aliphatic hydroxyl groups is 4. The van der Waals surface area contributed by atoms with E-state index in [0.29, 0.717) is 28.3 Å². The molecular formula is C22H23ClF2O7. The number of halogens is 3. The SMILES string of the molecule is OC[C@]12CO[C@@](c3ccc(Cl)c(Cc4ccc(OCC(F)F)cc4)c3)(O1)[C@H](O)C(O)[C@@H]2O. The summed E-state index contributed by atoms with van der Waals surface area (Å²) in [5.74, 6) is -1.47. The van der Waals surface area contributed by atoms with Gasteiger partial charge in [0.05, 0.1) is 13.2 Å². The highest BCUT2D eigenvalue weighted by atomic mass is 35.5. The average molecular weight is 473 g/mol. The van der Waals surface area contributed by atoms with Crippen molar-refractivity contribution in [1.82, 2.24) is 0 Å². The van der Waals surface area contributed by atoms with Crippen LogP contribution in [0.3, 0.4) is 0 Å². The van der Waals surface area contributed by atoms with Crippen LogP contribution in [0.25, 0.3) is 0 Å². The molecule has 1 unspecified atom stereocenters. The van der Waals surface area contributed by atoms with Crippen molar-refractivity contribution in [2.75, 3.05) is 19.8 Å². The van der Waals surface area contributed by atoms with Crippen molar-refractivity contribution >= 4 is 11.6 Å². The molecule has 0 spiro atoms. The van der Waals surface area contributed by atoms with Crippen LogP contribution < -0.4 is 4.74 Å². The highest BCUT2D eigenvalue weighted by Crippen LogP contribution is 2.49. The van der Waals surface area contributed by atoms with Gasteiger partial charge in [-0.05, 0) is 41.8 Å². The number of rotatable bonds is 7. The lowest BCUT2D eigenvalue weighted by Gasteiger charge is -2.46. The Morgan fingerprint density at radius 2 is 1.81 bits per heavy atom. The van der Waals surface area contributed by atoms with Gasteiger partial charge in [0.2, 0.25) is 5.79 Å². The minimum absolute atomic E-state index is 0.225. The van der Waals surface area contributed by atoms with E-state index in [1.165, 1.54) is 0 Å². The quantitative estimate of drug-likeness (QED) is 0.485. The first-order valence-corrected chi connectivity index (χ1v) is 10.4. The van der Waals surface area contributed by atoms with Gasteiger partial charge in [-0.3, -0.25) is 0 Å². The van der Waals surface area contributed by atoms with E-state index < -0.39 is 49.3 Å². The van der Waals surface area contributed by atoms with Gasteiger partial charge >= 0.3 is 0 Å². The zero-order valence-electron chi connectivity index (χ0n) is 16.8. The van der Waals surface area contributed by atoms with Gasteiger partial charge in [0.1, 0.15) is 36.3 Å². The van der Waals surface area contributed by atoms with Crippen LogP contribution in [-0.4, -0.2) is 70.6 Å². The standard InChI is InChI=1S/C22H23ClF2O7/c23-16-6-3-14(22-20(29)18(27)19(28)21(10-26,32-22)11-31-22)8-13(16)7-12-1-4-15(5-2-12)30-9-17(24)25/h1-6,8,17-20,26-29H,7,9-11H2/t18?,19-,20+,21+,22-/m0/s1. The Hall–Kier alpha value is -1.85. The number of ether oxygens (including phenoxy) is 3. The van der Waals surface area contributed by atoms with E-state index in [1.807, 2.05) is 0 Å². The first kappa shape index (κ1) is 23.3. The van der Waals surface area contributed by atoms with Gasteiger partial charge < -0.3 is 34.6 Å². The van der Waals surface area contributed by atoms with E-state index in [0.717, 1.165) is 5.56 Å². The first-order valence-electron chi connectivity index (χ1n) is 9.99. The predicted octanol–water partition coefficient (Wildman–Crippen LogP) is 1.60. The van der Waals surface area contributed by atoms with Crippen molar-refractivity contribution in [2.24, 2.45) is 0 Å². The smallest absolute Gasteiger partial charge is 0.272 e. The van der Waals surface area contributed by atoms with Crippen LogP contribution in [-0.2, 0) is 21.7 Å². The van der Waals surface area contributed by atoms with Crippen LogP contribution in [0.2, 0.25) is 5.02 Å². The molecule has 0 radical (unpaired) electrons. The minimum Gasteiger partial charge on any atom is -0.488 e. The molecule has 174 valence electrons. The van der Waals surface area contributed by atoms with E-state index in [1.54, 1.807) is 42.5 Å². The maximum Gasteiger partial charge on any atom is 0.272 e. The summed E-state index contributed by atoms with van der Waals surface area (Å²) >= 11 is 6.36. The van der Waals surface area contributed by atoms with Crippen molar-refractivity contribution in [3.8, 4) is 5.75 Å². The summed E-state index contributed by atoms with van der Waals surface area (Å²) in [6.07, 6.45) is -6.94. The third kappa shape index (κ3) is 3.99. The zero-order chi connectivity index (χ0) is 23.1. The van der Waals surface area contributed by atoms with E-state index >= 15 is 0 Å². The van der Waals surface area contributed by atoms with Crippen LogP contribution in [0.1, 0.15) is 16.7 Å². The third-order valence-electron chi connectivity index (χ3n) is 5.87. The van der Waals surface area contributed by atoms with E-state index in [9.17, 15) is 29.2 Å². The largest absolute Gasteiger partial charge is 0.488 e. The first-order chi connectivity index (χ1) is 15.2. The fourth-order valence-corrected chi connectivity index (χ4v) is 4.27. The Morgan fingerprint density at radius 1 is 1.09 bits per heavy atom. The average Bonchev–Trinajstić information content (AvgIpc) is 3.17. The Labute approximate surface area is 187 Å². The summed E-state index contributed by atoms with van der Waals surface area (Å²) in [4.78, 5) is 0. The Balaban J connectivity index is 1.59. The highest BCUT2D eigenvalue weighted by molar-refractivity contribution is 6.31. The molecule has 2 aromatic rings. The highest BCUT2D eigenvalue weighted by Gasteiger charge is 2.67. The van der Waals surface area contributed by atoms with Crippen molar-refractivity contribution in [3.05, 3.63) is 64.2 Å². The molecule has 4 N–H and O–H groups in total. The molecule has 2 aliphatic rings. The molecule has 2 fully saturated rings. The molecule has 10 heteroatoms. The fraction of sp³-hybridized carbons (Fsp3) is 0.455. The second kappa shape index (κ2) is 8.83. The molecule has 2 aliphatic heterocycles. The third-order valence-corrected chi connectivity index (χ3v) is 6.24. The summed E-state index contributed by atoms with van der Waals surface area (Å²) < 4.78 is 41.1. The van der Waals surface area contributed by atoms with Gasteiger partial charge in [0.15, 0.2) is 0 Å². The van der Waals surface area contributed by atoms with Crippen molar-refractivity contribution in [3.63, 3.8) is 0 Å². The normalized spacial score (nSPS) is 31.8. The molecule has 2 aromatic carbocycles. The fourth-order valence-electron chi connectivity index (χ4n) is 4.08. The minimum atomic E-state index is -2.56. The topological polar surface area (TPSA) is 109 Å². The molecule has 0 aromatic heterocycles. The summed E-state index contributed by atoms with van der Waals surface area (Å²) in [6.45, 7) is -1.52. The van der Waals surface area contributed by atoms with E-state index in [4.69, 9.17) is 25.8 Å². The molecule has 0 saturated carbocycles. The van der Waals surface area contributed by atoms with Crippen LogP contribution >= 0.6 is 11.6 Å². The summed E-state index contributed by atoms with van der Waals surface area (Å²) in [7, 11) is 0. The summed E-state index contributed by atoms with van der Waals surface area (Å²) in [6, 6.07) is 11.4. The second-order valence-corrected chi connectivity index (χ2v) is 8.40. The van der Waals surface area contributed by atoms with Crippen molar-refractivity contribution < 1.29 is 43.4 Å². The lowest BCUT2D eigenvalue weighted by atomic mass is 9.83. The van der Waals surface area contributed by atoms with Crippen LogP contribution in [0.15, 0.2) is 42.5 Å². The van der Waals surface area contributed by atoms with Crippen LogP contribution in [0, 0.1) is 0 Å². The lowest BCUT2D eigenvalue weighted by molar-refractivity contribution is -0.329. The lowest BCUT2D eigenvalue weighted by Crippen LogP contribution is -2.65. The summed E-state index contributed by atoms with van der Waals surface area (Å²) in [5.41, 5.74) is 0.277. The molecule has 32 heavy (non-hydrogen) atoms. The Kier molecular flexibility index (Phi) is 6.43. The molecule has 2 heterocycles. The maximum absolute atomic E-state index is 12.3. The molecule has 0 aliphatic carbocycles. The van der Waals surface area contributed by atoms with Crippen molar-refractivity contribution in [2.45, 2.75) is 42.5 Å². The number of hydrogen-bond donors (Lipinski definition) is 4. The van der Waals surface area contributed by atoms with Crippen LogP contribution in [0.4, 0.5) is 8.78 Å². The molecule has 0 amide bonds. The van der Waals surface area contributed by atoms with Gasteiger partial charge in [-0.25, -0.2) is 8.78 Å².